The summed E-state index contributed by atoms with van der Waals surface area (Å²) in [5.41, 5.74) is -1.42. The Hall–Kier alpha value is -1.57. The lowest BCUT2D eigenvalue weighted by molar-refractivity contribution is -0.143. The summed E-state index contributed by atoms with van der Waals surface area (Å²) in [5.74, 6) is -1.92. The SMILES string of the molecule is C[C@H](C[C@@H](O)C[C@@H](C)[C@H]1CC(=O)[C@@]2(C)C3=C(C(=O)C[C@]12C)[C@@]1(C)CC[C@H](O)C(C)(C)[C@@H]1C[C@@H]3O)C(=O)O. The Morgan fingerprint density at radius 2 is 1.68 bits per heavy atom. The molecule has 0 aromatic carbocycles. The van der Waals surface area contributed by atoms with Crippen LogP contribution < -0.4 is 0 Å². The zero-order chi connectivity index (χ0) is 27.9. The van der Waals surface area contributed by atoms with Gasteiger partial charge in [-0.3, -0.25) is 14.4 Å². The largest absolute Gasteiger partial charge is 0.481 e. The number of carboxylic acid groups (broad SMARTS) is 1. The number of aliphatic hydroxyl groups is 3. The van der Waals surface area contributed by atoms with Crippen LogP contribution in [-0.2, 0) is 14.4 Å². The van der Waals surface area contributed by atoms with E-state index in [4.69, 9.17) is 0 Å². The first-order chi connectivity index (χ1) is 16.9. The molecule has 4 rings (SSSR count). The smallest absolute Gasteiger partial charge is 0.306 e. The molecule has 0 heterocycles. The van der Waals surface area contributed by atoms with Gasteiger partial charge >= 0.3 is 5.97 Å². The van der Waals surface area contributed by atoms with E-state index in [2.05, 4.69) is 6.92 Å². The van der Waals surface area contributed by atoms with E-state index in [1.54, 1.807) is 6.92 Å². The van der Waals surface area contributed by atoms with Crippen LogP contribution in [0, 0.1) is 45.3 Å². The van der Waals surface area contributed by atoms with E-state index in [1.807, 2.05) is 34.6 Å². The van der Waals surface area contributed by atoms with Gasteiger partial charge in [0.15, 0.2) is 5.78 Å². The molecule has 0 aromatic rings. The summed E-state index contributed by atoms with van der Waals surface area (Å²) in [6, 6.07) is 0. The third kappa shape index (κ3) is 3.89. The molecule has 4 aliphatic rings. The van der Waals surface area contributed by atoms with Crippen LogP contribution in [0.3, 0.4) is 0 Å². The molecule has 4 N–H and O–H groups in total. The van der Waals surface area contributed by atoms with Gasteiger partial charge in [0.2, 0.25) is 0 Å². The van der Waals surface area contributed by atoms with Gasteiger partial charge in [0.1, 0.15) is 5.78 Å². The Labute approximate surface area is 220 Å². The van der Waals surface area contributed by atoms with Crippen LogP contribution >= 0.6 is 0 Å². The van der Waals surface area contributed by atoms with Crippen molar-refractivity contribution in [1.82, 2.24) is 0 Å². The summed E-state index contributed by atoms with van der Waals surface area (Å²) >= 11 is 0. The van der Waals surface area contributed by atoms with Crippen LogP contribution in [0.15, 0.2) is 11.1 Å². The number of ketones is 2. The molecule has 10 atom stereocenters. The number of aliphatic hydroxyl groups excluding tert-OH is 3. The predicted octanol–water partition coefficient (Wildman–Crippen LogP) is 3.92. The average Bonchev–Trinajstić information content (AvgIpc) is 2.99. The zero-order valence-electron chi connectivity index (χ0n) is 23.5. The van der Waals surface area contributed by atoms with E-state index in [1.165, 1.54) is 0 Å². The van der Waals surface area contributed by atoms with Crippen molar-refractivity contribution < 1.29 is 34.8 Å². The van der Waals surface area contributed by atoms with Gasteiger partial charge in [0, 0.05) is 18.4 Å². The number of Topliss-reactive ketones (excluding diaryl/α,β-unsaturated/α-hetero) is 2. The molecular formula is C30H46O7. The van der Waals surface area contributed by atoms with Crippen LogP contribution in [0.25, 0.3) is 0 Å². The molecule has 7 nitrogen and oxygen atoms in total. The zero-order valence-corrected chi connectivity index (χ0v) is 23.5. The van der Waals surface area contributed by atoms with Gasteiger partial charge in [-0.1, -0.05) is 41.5 Å². The maximum Gasteiger partial charge on any atom is 0.306 e. The van der Waals surface area contributed by atoms with Crippen LogP contribution in [0.2, 0.25) is 0 Å². The molecule has 2 fully saturated rings. The lowest BCUT2D eigenvalue weighted by Gasteiger charge is -2.61. The summed E-state index contributed by atoms with van der Waals surface area (Å²) in [6.07, 6.45) is 0.383. The second kappa shape index (κ2) is 8.99. The molecular weight excluding hydrogens is 472 g/mol. The number of fused-ring (bicyclic) bond motifs is 4. The van der Waals surface area contributed by atoms with E-state index in [0.29, 0.717) is 36.8 Å². The predicted molar refractivity (Wildman–Crippen MR) is 138 cm³/mol. The minimum absolute atomic E-state index is 0.000336. The normalized spacial score (nSPS) is 43.5. The van der Waals surface area contributed by atoms with E-state index in [9.17, 15) is 34.8 Å². The molecule has 0 aliphatic heterocycles. The number of carbonyl (C=O) groups excluding carboxylic acids is 2. The molecule has 2 saturated carbocycles. The van der Waals surface area contributed by atoms with Gasteiger partial charge < -0.3 is 20.4 Å². The Bertz CT molecular complexity index is 1030. The Morgan fingerprint density at radius 3 is 2.27 bits per heavy atom. The summed E-state index contributed by atoms with van der Waals surface area (Å²) in [4.78, 5) is 39.2. The Balaban J connectivity index is 1.74. The van der Waals surface area contributed by atoms with Gasteiger partial charge in [-0.15, -0.1) is 0 Å². The molecule has 0 unspecified atom stereocenters. The summed E-state index contributed by atoms with van der Waals surface area (Å²) in [5, 5.41) is 42.3. The van der Waals surface area contributed by atoms with Crippen molar-refractivity contribution >= 4 is 17.5 Å². The third-order valence-corrected chi connectivity index (χ3v) is 11.7. The lowest BCUT2D eigenvalue weighted by Crippen LogP contribution is -2.60. The Morgan fingerprint density at radius 1 is 1.05 bits per heavy atom. The highest BCUT2D eigenvalue weighted by atomic mass is 16.4. The molecule has 0 amide bonds. The van der Waals surface area contributed by atoms with Gasteiger partial charge in [0.25, 0.3) is 0 Å². The minimum Gasteiger partial charge on any atom is -0.481 e. The van der Waals surface area contributed by atoms with Gasteiger partial charge in [-0.05, 0) is 78.6 Å². The van der Waals surface area contributed by atoms with Crippen molar-refractivity contribution in [2.24, 2.45) is 45.3 Å². The first kappa shape index (κ1) is 28.4. The second-order valence-corrected chi connectivity index (χ2v) is 14.1. The number of carboxylic acids is 1. The van der Waals surface area contributed by atoms with E-state index >= 15 is 0 Å². The van der Waals surface area contributed by atoms with Crippen molar-refractivity contribution in [2.75, 3.05) is 0 Å². The molecule has 37 heavy (non-hydrogen) atoms. The minimum atomic E-state index is -0.984. The van der Waals surface area contributed by atoms with Crippen LogP contribution in [0.5, 0.6) is 0 Å². The van der Waals surface area contributed by atoms with E-state index < -0.39 is 51.9 Å². The van der Waals surface area contributed by atoms with Crippen molar-refractivity contribution in [2.45, 2.75) is 112 Å². The van der Waals surface area contributed by atoms with E-state index in [-0.39, 0.29) is 48.6 Å². The average molecular weight is 519 g/mol. The van der Waals surface area contributed by atoms with Crippen molar-refractivity contribution in [1.29, 1.82) is 0 Å². The highest BCUT2D eigenvalue weighted by Crippen LogP contribution is 2.70. The molecule has 0 saturated heterocycles. The summed E-state index contributed by atoms with van der Waals surface area (Å²) in [7, 11) is 0. The molecule has 208 valence electrons. The maximum absolute atomic E-state index is 14.1. The summed E-state index contributed by atoms with van der Waals surface area (Å²) in [6.45, 7) is 13.6. The topological polar surface area (TPSA) is 132 Å². The fourth-order valence-corrected chi connectivity index (χ4v) is 9.30. The van der Waals surface area contributed by atoms with Crippen LogP contribution in [0.4, 0.5) is 0 Å². The fourth-order valence-electron chi connectivity index (χ4n) is 9.30. The number of allylic oxidation sites excluding steroid dienone is 1. The number of rotatable bonds is 6. The quantitative estimate of drug-likeness (QED) is 0.419. The fraction of sp³-hybridized carbons (Fsp3) is 0.833. The van der Waals surface area contributed by atoms with Gasteiger partial charge in [0.05, 0.1) is 29.6 Å². The van der Waals surface area contributed by atoms with Gasteiger partial charge in [-0.2, -0.15) is 0 Å². The number of hydrogen-bond acceptors (Lipinski definition) is 6. The highest BCUT2D eigenvalue weighted by Gasteiger charge is 2.70. The molecule has 0 bridgehead atoms. The lowest BCUT2D eigenvalue weighted by atomic mass is 9.42. The second-order valence-electron chi connectivity index (χ2n) is 14.1. The molecule has 0 aromatic heterocycles. The number of aliphatic carboxylic acids is 1. The van der Waals surface area contributed by atoms with Crippen molar-refractivity contribution in [3.8, 4) is 0 Å². The maximum atomic E-state index is 14.1. The standard InChI is InChI=1S/C30H46O7/c1-15(10-17(31)11-16(2)26(36)37)18-12-23(35)30(7)25-19(32)13-21-27(3,4)22(34)8-9-28(21,5)24(25)20(33)14-29(18,30)6/h15-19,21-22,31-32,34H,8-14H2,1-7H3,(H,36,37)/t15-,16-,17+,18-,19+,21+,22+,28+,29-,30+/m1/s1. The monoisotopic (exact) mass is 518 g/mol. The van der Waals surface area contributed by atoms with Crippen molar-refractivity contribution in [3.63, 3.8) is 0 Å². The first-order valence-electron chi connectivity index (χ1n) is 14.0. The van der Waals surface area contributed by atoms with E-state index in [0.717, 1.165) is 0 Å². The van der Waals surface area contributed by atoms with Crippen LogP contribution in [0.1, 0.15) is 93.4 Å². The summed E-state index contributed by atoms with van der Waals surface area (Å²) < 4.78 is 0. The van der Waals surface area contributed by atoms with Crippen LogP contribution in [-0.4, -0.2) is 56.3 Å². The third-order valence-electron chi connectivity index (χ3n) is 11.7. The first-order valence-corrected chi connectivity index (χ1v) is 14.0. The van der Waals surface area contributed by atoms with Gasteiger partial charge in [-0.25, -0.2) is 0 Å². The number of carbonyl (C=O) groups is 3. The molecule has 4 aliphatic carbocycles. The molecule has 7 heteroatoms. The number of hydrogen-bond donors (Lipinski definition) is 4. The highest BCUT2D eigenvalue weighted by molar-refractivity contribution is 6.05. The van der Waals surface area contributed by atoms with Crippen molar-refractivity contribution in [3.05, 3.63) is 11.1 Å². The molecule has 0 radical (unpaired) electrons. The Kier molecular flexibility index (Phi) is 6.91. The molecule has 0 spiro atoms.